The lowest BCUT2D eigenvalue weighted by Gasteiger charge is -2.24. The summed E-state index contributed by atoms with van der Waals surface area (Å²) in [7, 11) is 0. The van der Waals surface area contributed by atoms with Crippen LogP contribution in [0.3, 0.4) is 0 Å². The first-order valence-corrected chi connectivity index (χ1v) is 6.31. The molecule has 2 rings (SSSR count). The zero-order chi connectivity index (χ0) is 13.0. The number of benzene rings is 1. The van der Waals surface area contributed by atoms with E-state index < -0.39 is 0 Å². The summed E-state index contributed by atoms with van der Waals surface area (Å²) in [6.07, 6.45) is 1.72. The van der Waals surface area contributed by atoms with E-state index in [1.165, 1.54) is 16.8 Å². The predicted molar refractivity (Wildman–Crippen MR) is 74.5 cm³/mol. The third kappa shape index (κ3) is 2.74. The van der Waals surface area contributed by atoms with Crippen LogP contribution in [-0.2, 0) is 13.1 Å². The second-order valence-electron chi connectivity index (χ2n) is 4.42. The van der Waals surface area contributed by atoms with Crippen molar-refractivity contribution < 1.29 is 4.42 Å². The molecule has 1 aromatic heterocycles. The first-order valence-electron chi connectivity index (χ1n) is 6.31. The van der Waals surface area contributed by atoms with Crippen LogP contribution < -0.4 is 10.6 Å². The predicted octanol–water partition coefficient (Wildman–Crippen LogP) is 3.07. The first kappa shape index (κ1) is 12.7. The Bertz CT molecular complexity index is 491. The van der Waals surface area contributed by atoms with Crippen LogP contribution in [0, 0.1) is 6.92 Å². The number of nitrogens with two attached hydrogens (primary N) is 1. The topological polar surface area (TPSA) is 42.4 Å². The standard InChI is InChI=1S/C15H20N2O/c1-3-17(11-14-5-4-8-18-14)15-7-6-13(10-16)9-12(15)2/h4-9H,3,10-11,16H2,1-2H3. The molecule has 0 aliphatic heterocycles. The highest BCUT2D eigenvalue weighted by atomic mass is 16.3. The van der Waals surface area contributed by atoms with Crippen molar-refractivity contribution in [2.24, 2.45) is 5.73 Å². The minimum atomic E-state index is 0.589. The lowest BCUT2D eigenvalue weighted by atomic mass is 10.1. The van der Waals surface area contributed by atoms with Crippen LogP contribution in [0.2, 0.25) is 0 Å². The van der Waals surface area contributed by atoms with E-state index in [2.05, 4.69) is 36.9 Å². The monoisotopic (exact) mass is 244 g/mol. The molecule has 0 spiro atoms. The number of aryl methyl sites for hydroxylation is 1. The highest BCUT2D eigenvalue weighted by molar-refractivity contribution is 5.54. The highest BCUT2D eigenvalue weighted by Crippen LogP contribution is 2.23. The average molecular weight is 244 g/mol. The van der Waals surface area contributed by atoms with Crippen LogP contribution in [-0.4, -0.2) is 6.54 Å². The van der Waals surface area contributed by atoms with Gasteiger partial charge < -0.3 is 15.1 Å². The first-order chi connectivity index (χ1) is 8.74. The number of hydrogen-bond donors (Lipinski definition) is 1. The van der Waals surface area contributed by atoms with Crippen LogP contribution in [0.15, 0.2) is 41.0 Å². The average Bonchev–Trinajstić information content (AvgIpc) is 2.89. The Morgan fingerprint density at radius 1 is 1.28 bits per heavy atom. The van der Waals surface area contributed by atoms with Gasteiger partial charge in [0.15, 0.2) is 0 Å². The Kier molecular flexibility index (Phi) is 4.05. The van der Waals surface area contributed by atoms with E-state index in [1.54, 1.807) is 6.26 Å². The Hall–Kier alpha value is -1.74. The van der Waals surface area contributed by atoms with Gasteiger partial charge in [-0.3, -0.25) is 0 Å². The molecule has 0 atom stereocenters. The van der Waals surface area contributed by atoms with Gasteiger partial charge in [0.05, 0.1) is 12.8 Å². The quantitative estimate of drug-likeness (QED) is 0.879. The number of rotatable bonds is 5. The summed E-state index contributed by atoms with van der Waals surface area (Å²) in [5, 5.41) is 0. The van der Waals surface area contributed by atoms with Gasteiger partial charge in [-0.05, 0) is 43.2 Å². The SMILES string of the molecule is CCN(Cc1ccco1)c1ccc(CN)cc1C. The molecular formula is C15H20N2O. The third-order valence-corrected chi connectivity index (χ3v) is 3.15. The molecule has 1 aromatic carbocycles. The van der Waals surface area contributed by atoms with Crippen molar-refractivity contribution in [1.29, 1.82) is 0 Å². The largest absolute Gasteiger partial charge is 0.467 e. The fraction of sp³-hybridized carbons (Fsp3) is 0.333. The lowest BCUT2D eigenvalue weighted by molar-refractivity contribution is 0.503. The van der Waals surface area contributed by atoms with Crippen LogP contribution in [0.5, 0.6) is 0 Å². The van der Waals surface area contributed by atoms with Gasteiger partial charge in [0.25, 0.3) is 0 Å². The Balaban J connectivity index is 2.22. The van der Waals surface area contributed by atoms with E-state index in [9.17, 15) is 0 Å². The van der Waals surface area contributed by atoms with Gasteiger partial charge in [-0.15, -0.1) is 0 Å². The fourth-order valence-corrected chi connectivity index (χ4v) is 2.16. The van der Waals surface area contributed by atoms with Gasteiger partial charge >= 0.3 is 0 Å². The molecule has 0 amide bonds. The van der Waals surface area contributed by atoms with E-state index in [-0.39, 0.29) is 0 Å². The molecule has 2 aromatic rings. The fourth-order valence-electron chi connectivity index (χ4n) is 2.16. The molecule has 0 aliphatic rings. The van der Waals surface area contributed by atoms with Crippen molar-refractivity contribution in [3.63, 3.8) is 0 Å². The van der Waals surface area contributed by atoms with Gasteiger partial charge in [-0.1, -0.05) is 12.1 Å². The van der Waals surface area contributed by atoms with E-state index >= 15 is 0 Å². The smallest absolute Gasteiger partial charge is 0.123 e. The Morgan fingerprint density at radius 3 is 2.67 bits per heavy atom. The molecule has 96 valence electrons. The summed E-state index contributed by atoms with van der Waals surface area (Å²) in [5.74, 6) is 0.985. The number of nitrogens with zero attached hydrogens (tertiary/aromatic N) is 1. The molecule has 0 radical (unpaired) electrons. The number of anilines is 1. The second kappa shape index (κ2) is 5.74. The zero-order valence-electron chi connectivity index (χ0n) is 11.0. The highest BCUT2D eigenvalue weighted by Gasteiger charge is 2.09. The molecule has 1 heterocycles. The summed E-state index contributed by atoms with van der Waals surface area (Å²) >= 11 is 0. The van der Waals surface area contributed by atoms with E-state index in [4.69, 9.17) is 10.2 Å². The van der Waals surface area contributed by atoms with Gasteiger partial charge in [-0.2, -0.15) is 0 Å². The molecule has 2 N–H and O–H groups in total. The van der Waals surface area contributed by atoms with Gasteiger partial charge in [-0.25, -0.2) is 0 Å². The number of hydrogen-bond acceptors (Lipinski definition) is 3. The maximum atomic E-state index is 5.66. The minimum absolute atomic E-state index is 0.589. The summed E-state index contributed by atoms with van der Waals surface area (Å²) in [6, 6.07) is 10.3. The molecule has 0 saturated carbocycles. The molecule has 3 nitrogen and oxygen atoms in total. The van der Waals surface area contributed by atoms with Gasteiger partial charge in [0.1, 0.15) is 5.76 Å². The molecule has 0 fully saturated rings. The molecule has 0 unspecified atom stereocenters. The summed E-state index contributed by atoms with van der Waals surface area (Å²) < 4.78 is 5.41. The summed E-state index contributed by atoms with van der Waals surface area (Å²) in [4.78, 5) is 2.30. The van der Waals surface area contributed by atoms with Crippen LogP contribution in [0.25, 0.3) is 0 Å². The molecule has 0 bridgehead atoms. The van der Waals surface area contributed by atoms with Crippen molar-refractivity contribution in [1.82, 2.24) is 0 Å². The van der Waals surface area contributed by atoms with E-state index in [0.29, 0.717) is 6.54 Å². The Labute approximate surface area is 108 Å². The summed E-state index contributed by atoms with van der Waals surface area (Å²) in [5.41, 5.74) is 9.33. The molecule has 0 saturated heterocycles. The van der Waals surface area contributed by atoms with Crippen molar-refractivity contribution in [3.8, 4) is 0 Å². The molecule has 18 heavy (non-hydrogen) atoms. The normalized spacial score (nSPS) is 10.6. The van der Waals surface area contributed by atoms with Crippen molar-refractivity contribution in [2.45, 2.75) is 26.9 Å². The zero-order valence-corrected chi connectivity index (χ0v) is 11.0. The van der Waals surface area contributed by atoms with Crippen molar-refractivity contribution >= 4 is 5.69 Å². The van der Waals surface area contributed by atoms with Gasteiger partial charge in [0.2, 0.25) is 0 Å². The maximum Gasteiger partial charge on any atom is 0.123 e. The number of furan rings is 1. The van der Waals surface area contributed by atoms with E-state index in [1.807, 2.05) is 12.1 Å². The minimum Gasteiger partial charge on any atom is -0.467 e. The maximum absolute atomic E-state index is 5.66. The van der Waals surface area contributed by atoms with Crippen molar-refractivity contribution in [2.75, 3.05) is 11.4 Å². The van der Waals surface area contributed by atoms with Crippen molar-refractivity contribution in [3.05, 3.63) is 53.5 Å². The van der Waals surface area contributed by atoms with Crippen LogP contribution in [0.4, 0.5) is 5.69 Å². The molecular weight excluding hydrogens is 224 g/mol. The van der Waals surface area contributed by atoms with E-state index in [0.717, 1.165) is 18.8 Å². The lowest BCUT2D eigenvalue weighted by Crippen LogP contribution is -2.22. The van der Waals surface area contributed by atoms with Crippen LogP contribution >= 0.6 is 0 Å². The third-order valence-electron chi connectivity index (χ3n) is 3.15. The van der Waals surface area contributed by atoms with Gasteiger partial charge in [0, 0.05) is 18.8 Å². The Morgan fingerprint density at radius 2 is 2.11 bits per heavy atom. The molecule has 3 heteroatoms. The second-order valence-corrected chi connectivity index (χ2v) is 4.42. The van der Waals surface area contributed by atoms with Crippen LogP contribution in [0.1, 0.15) is 23.8 Å². The summed E-state index contributed by atoms with van der Waals surface area (Å²) in [6.45, 7) is 6.61. The molecule has 0 aliphatic carbocycles.